The zero-order valence-corrected chi connectivity index (χ0v) is 21.0. The highest BCUT2D eigenvalue weighted by molar-refractivity contribution is 7.99. The van der Waals surface area contributed by atoms with Crippen LogP contribution in [0.4, 0.5) is 0 Å². The maximum atomic E-state index is 13.2. The van der Waals surface area contributed by atoms with E-state index >= 15 is 0 Å². The Labute approximate surface area is 209 Å². The molecule has 0 unspecified atom stereocenters. The molecule has 1 fully saturated rings. The fourth-order valence-electron chi connectivity index (χ4n) is 3.73. The Balaban J connectivity index is 1.67. The molecule has 1 aliphatic carbocycles. The molecule has 0 spiro atoms. The standard InChI is InChI=1S/C24H27Cl3N2O2S/c1-16(24(31)28-20-4-2-3-5-20)29(13-18-8-11-21(26)22(27)12-18)23(30)15-32-14-17-6-9-19(25)10-7-17/h6-12,16,20H,2-5,13-15H2,1H3,(H,28,31)/t16-/m1/s1. The molecule has 1 aliphatic rings. The topological polar surface area (TPSA) is 49.4 Å². The Hall–Kier alpha value is -1.40. The van der Waals surface area contributed by atoms with Gasteiger partial charge in [0.25, 0.3) is 0 Å². The Morgan fingerprint density at radius 3 is 2.34 bits per heavy atom. The highest BCUT2D eigenvalue weighted by atomic mass is 35.5. The van der Waals surface area contributed by atoms with Gasteiger partial charge < -0.3 is 10.2 Å². The monoisotopic (exact) mass is 512 g/mol. The zero-order valence-electron chi connectivity index (χ0n) is 18.0. The first-order chi connectivity index (χ1) is 15.3. The maximum Gasteiger partial charge on any atom is 0.242 e. The molecule has 1 atom stereocenters. The fraction of sp³-hybridized carbons (Fsp3) is 0.417. The number of nitrogens with zero attached hydrogens (tertiary/aromatic N) is 1. The van der Waals surface area contributed by atoms with Crippen LogP contribution >= 0.6 is 46.6 Å². The van der Waals surface area contributed by atoms with Crippen LogP contribution in [0, 0.1) is 0 Å². The van der Waals surface area contributed by atoms with Crippen LogP contribution in [0.2, 0.25) is 15.1 Å². The molecule has 0 heterocycles. The summed E-state index contributed by atoms with van der Waals surface area (Å²) in [5.41, 5.74) is 1.92. The molecule has 0 bridgehead atoms. The number of amides is 2. The largest absolute Gasteiger partial charge is 0.352 e. The average molecular weight is 514 g/mol. The lowest BCUT2D eigenvalue weighted by molar-refractivity contribution is -0.138. The smallest absolute Gasteiger partial charge is 0.242 e. The van der Waals surface area contributed by atoms with E-state index in [1.54, 1.807) is 24.0 Å². The first-order valence-electron chi connectivity index (χ1n) is 10.7. The molecule has 172 valence electrons. The van der Waals surface area contributed by atoms with Crippen molar-refractivity contribution in [3.63, 3.8) is 0 Å². The number of benzene rings is 2. The van der Waals surface area contributed by atoms with E-state index in [9.17, 15) is 9.59 Å². The van der Waals surface area contributed by atoms with Crippen LogP contribution in [0.5, 0.6) is 0 Å². The van der Waals surface area contributed by atoms with Gasteiger partial charge >= 0.3 is 0 Å². The predicted octanol–water partition coefficient (Wildman–Crippen LogP) is 6.36. The second-order valence-electron chi connectivity index (χ2n) is 8.06. The van der Waals surface area contributed by atoms with Crippen molar-refractivity contribution in [2.24, 2.45) is 0 Å². The molecule has 0 saturated heterocycles. The van der Waals surface area contributed by atoms with Gasteiger partial charge in [-0.3, -0.25) is 9.59 Å². The van der Waals surface area contributed by atoms with E-state index in [1.807, 2.05) is 30.3 Å². The lowest BCUT2D eigenvalue weighted by atomic mass is 10.1. The fourth-order valence-corrected chi connectivity index (χ4v) is 5.05. The first-order valence-corrected chi connectivity index (χ1v) is 13.0. The highest BCUT2D eigenvalue weighted by Crippen LogP contribution is 2.25. The molecule has 4 nitrogen and oxygen atoms in total. The van der Waals surface area contributed by atoms with Crippen LogP contribution in [0.25, 0.3) is 0 Å². The number of nitrogens with one attached hydrogen (secondary N) is 1. The van der Waals surface area contributed by atoms with Gasteiger partial charge in [-0.1, -0.05) is 65.8 Å². The van der Waals surface area contributed by atoms with E-state index in [4.69, 9.17) is 34.8 Å². The summed E-state index contributed by atoms with van der Waals surface area (Å²) in [6.07, 6.45) is 4.26. The molecule has 0 radical (unpaired) electrons. The van der Waals surface area contributed by atoms with Crippen molar-refractivity contribution in [2.75, 3.05) is 5.75 Å². The maximum absolute atomic E-state index is 13.2. The summed E-state index contributed by atoms with van der Waals surface area (Å²) in [5, 5.41) is 4.68. The van der Waals surface area contributed by atoms with Gasteiger partial charge in [0.2, 0.25) is 11.8 Å². The molecule has 32 heavy (non-hydrogen) atoms. The summed E-state index contributed by atoms with van der Waals surface area (Å²) >= 11 is 19.7. The van der Waals surface area contributed by atoms with Crippen LogP contribution in [0.15, 0.2) is 42.5 Å². The van der Waals surface area contributed by atoms with Gasteiger partial charge in [-0.15, -0.1) is 11.8 Å². The third-order valence-electron chi connectivity index (χ3n) is 5.61. The number of carbonyl (C=O) groups is 2. The van der Waals surface area contributed by atoms with Gasteiger partial charge in [0.15, 0.2) is 0 Å². The lowest BCUT2D eigenvalue weighted by Crippen LogP contribution is -2.50. The third kappa shape index (κ3) is 7.31. The summed E-state index contributed by atoms with van der Waals surface area (Å²) in [7, 11) is 0. The van der Waals surface area contributed by atoms with E-state index in [-0.39, 0.29) is 30.2 Å². The van der Waals surface area contributed by atoms with E-state index in [0.717, 1.165) is 36.8 Å². The van der Waals surface area contributed by atoms with E-state index < -0.39 is 6.04 Å². The summed E-state index contributed by atoms with van der Waals surface area (Å²) < 4.78 is 0. The molecule has 8 heteroatoms. The van der Waals surface area contributed by atoms with Crippen LogP contribution in [0.3, 0.4) is 0 Å². The number of rotatable bonds is 9. The quantitative estimate of drug-likeness (QED) is 0.425. The van der Waals surface area contributed by atoms with Gasteiger partial charge in [0.1, 0.15) is 6.04 Å². The Kier molecular flexibility index (Phi) is 9.60. The van der Waals surface area contributed by atoms with Crippen molar-refractivity contribution in [3.05, 3.63) is 68.7 Å². The van der Waals surface area contributed by atoms with E-state index in [1.165, 1.54) is 11.8 Å². The van der Waals surface area contributed by atoms with Crippen molar-refractivity contribution in [3.8, 4) is 0 Å². The molecule has 0 aliphatic heterocycles. The van der Waals surface area contributed by atoms with Gasteiger partial charge in [0, 0.05) is 23.4 Å². The van der Waals surface area contributed by atoms with Crippen LogP contribution in [-0.4, -0.2) is 34.6 Å². The molecule has 0 aromatic heterocycles. The Morgan fingerprint density at radius 1 is 1.03 bits per heavy atom. The number of thioether (sulfide) groups is 1. The van der Waals surface area contributed by atoms with Gasteiger partial charge in [-0.25, -0.2) is 0 Å². The Bertz CT molecular complexity index is 933. The van der Waals surface area contributed by atoms with Gasteiger partial charge in [0.05, 0.1) is 15.8 Å². The van der Waals surface area contributed by atoms with Crippen LogP contribution < -0.4 is 5.32 Å². The normalized spacial score (nSPS) is 14.9. The predicted molar refractivity (Wildman–Crippen MR) is 134 cm³/mol. The number of halogens is 3. The van der Waals surface area contributed by atoms with Crippen molar-refractivity contribution >= 4 is 58.4 Å². The average Bonchev–Trinajstić information content (AvgIpc) is 3.28. The zero-order chi connectivity index (χ0) is 23.1. The van der Waals surface area contributed by atoms with E-state index in [2.05, 4.69) is 5.32 Å². The summed E-state index contributed by atoms with van der Waals surface area (Å²) in [4.78, 5) is 27.7. The minimum absolute atomic E-state index is 0.0934. The van der Waals surface area contributed by atoms with Gasteiger partial charge in [-0.05, 0) is 55.2 Å². The Morgan fingerprint density at radius 2 is 1.69 bits per heavy atom. The molecule has 1 N–H and O–H groups in total. The van der Waals surface area contributed by atoms with E-state index in [0.29, 0.717) is 20.8 Å². The second kappa shape index (κ2) is 12.2. The minimum atomic E-state index is -0.589. The van der Waals surface area contributed by atoms with Crippen molar-refractivity contribution < 1.29 is 9.59 Å². The SMILES string of the molecule is C[C@H](C(=O)NC1CCCC1)N(Cc1ccc(Cl)c(Cl)c1)C(=O)CSCc1ccc(Cl)cc1. The molecule has 2 amide bonds. The molecule has 1 saturated carbocycles. The lowest BCUT2D eigenvalue weighted by Gasteiger charge is -2.30. The minimum Gasteiger partial charge on any atom is -0.352 e. The van der Waals surface area contributed by atoms with Crippen molar-refractivity contribution in [1.82, 2.24) is 10.2 Å². The highest BCUT2D eigenvalue weighted by Gasteiger charge is 2.28. The number of hydrogen-bond acceptors (Lipinski definition) is 3. The third-order valence-corrected chi connectivity index (χ3v) is 7.59. The van der Waals surface area contributed by atoms with Crippen LogP contribution in [-0.2, 0) is 21.9 Å². The summed E-state index contributed by atoms with van der Waals surface area (Å²) in [5.74, 6) is 0.745. The number of carbonyl (C=O) groups excluding carboxylic acids is 2. The summed E-state index contributed by atoms with van der Waals surface area (Å²) in [6.45, 7) is 2.07. The number of hydrogen-bond donors (Lipinski definition) is 1. The van der Waals surface area contributed by atoms with Crippen molar-refractivity contribution in [2.45, 2.75) is 57.0 Å². The van der Waals surface area contributed by atoms with Crippen molar-refractivity contribution in [1.29, 1.82) is 0 Å². The molecule has 2 aromatic carbocycles. The first kappa shape index (κ1) is 25.2. The molecular formula is C24H27Cl3N2O2S. The summed E-state index contributed by atoms with van der Waals surface area (Å²) in [6, 6.07) is 12.5. The van der Waals surface area contributed by atoms with Gasteiger partial charge in [-0.2, -0.15) is 0 Å². The molecule has 3 rings (SSSR count). The molecule has 2 aromatic rings. The molecular weight excluding hydrogens is 487 g/mol. The second-order valence-corrected chi connectivity index (χ2v) is 10.3. The van der Waals surface area contributed by atoms with Crippen LogP contribution in [0.1, 0.15) is 43.7 Å².